The summed E-state index contributed by atoms with van der Waals surface area (Å²) in [7, 11) is 0. The maximum Gasteiger partial charge on any atom is 0.177 e. The summed E-state index contributed by atoms with van der Waals surface area (Å²) in [6.45, 7) is 4.26. The zero-order valence-corrected chi connectivity index (χ0v) is 19.8. The number of halogens is 1. The molecule has 9 nitrogen and oxygen atoms in total. The number of nitrogens with zero attached hydrogens (tertiary/aromatic N) is 6. The average molecular weight is 487 g/mol. The lowest BCUT2D eigenvalue weighted by Gasteiger charge is -2.26. The topological polar surface area (TPSA) is 123 Å². The number of hydrogen-bond donors (Lipinski definition) is 2. The van der Waals surface area contributed by atoms with Gasteiger partial charge in [0.1, 0.15) is 22.8 Å². The lowest BCUT2D eigenvalue weighted by Crippen LogP contribution is -2.32. The fourth-order valence-corrected chi connectivity index (χ4v) is 6.27. The van der Waals surface area contributed by atoms with Gasteiger partial charge in [-0.25, -0.2) is 9.97 Å². The van der Waals surface area contributed by atoms with Gasteiger partial charge in [-0.1, -0.05) is 22.8 Å². The maximum absolute atomic E-state index is 6.38. The summed E-state index contributed by atoms with van der Waals surface area (Å²) in [6, 6.07) is 7.80. The molecule has 176 valence electrons. The summed E-state index contributed by atoms with van der Waals surface area (Å²) < 4.78 is 5.37. The highest BCUT2D eigenvalue weighted by Gasteiger charge is 2.67. The third kappa shape index (κ3) is 2.94. The first-order valence-corrected chi connectivity index (χ1v) is 12.1. The van der Waals surface area contributed by atoms with Crippen molar-refractivity contribution in [2.24, 2.45) is 17.6 Å². The standard InChI is InChI=1S/C25H23ClN8O/c1-13-8-20(33-35-13)25(12-27)17-5-7-34(11-18(17)25)21-10-29-23-22(31-32-24(23)30-21)15-2-3-19(26)16-9-28-6-4-14(15)16/h2-4,6,8-10,17-18H,5,7,11-12,27H2,1H3,(H,30,31,32). The summed E-state index contributed by atoms with van der Waals surface area (Å²) in [6.07, 6.45) is 6.40. The van der Waals surface area contributed by atoms with E-state index in [4.69, 9.17) is 31.8 Å². The number of fused-ring (bicyclic) bond motifs is 3. The molecule has 1 saturated carbocycles. The summed E-state index contributed by atoms with van der Waals surface area (Å²) >= 11 is 6.38. The fraction of sp³-hybridized carbons (Fsp3) is 0.320. The first kappa shape index (κ1) is 20.8. The Bertz CT molecular complexity index is 1600. The smallest absolute Gasteiger partial charge is 0.177 e. The van der Waals surface area contributed by atoms with Crippen molar-refractivity contribution in [3.05, 3.63) is 59.3 Å². The second kappa shape index (κ2) is 7.47. The summed E-state index contributed by atoms with van der Waals surface area (Å²) in [5.41, 5.74) is 10.2. The number of pyridine rings is 1. The van der Waals surface area contributed by atoms with E-state index < -0.39 is 0 Å². The lowest BCUT2D eigenvalue weighted by atomic mass is 9.97. The highest BCUT2D eigenvalue weighted by atomic mass is 35.5. The van der Waals surface area contributed by atoms with E-state index in [9.17, 15) is 0 Å². The van der Waals surface area contributed by atoms with Crippen LogP contribution in [-0.2, 0) is 5.41 Å². The number of nitrogens with one attached hydrogen (secondary N) is 1. The number of H-pyrrole nitrogens is 1. The normalized spacial score (nSPS) is 23.7. The number of nitrogens with two attached hydrogens (primary N) is 1. The number of aryl methyl sites for hydroxylation is 1. The quantitative estimate of drug-likeness (QED) is 0.392. The molecule has 3 N–H and O–H groups in total. The minimum atomic E-state index is -0.101. The number of rotatable bonds is 4. The molecule has 35 heavy (non-hydrogen) atoms. The molecule has 2 fully saturated rings. The largest absolute Gasteiger partial charge is 0.361 e. The molecular weight excluding hydrogens is 464 g/mol. The Morgan fingerprint density at radius 2 is 2.14 bits per heavy atom. The van der Waals surface area contributed by atoms with Gasteiger partial charge in [-0.2, -0.15) is 5.10 Å². The number of aromatic nitrogens is 6. The monoisotopic (exact) mass is 486 g/mol. The molecule has 3 atom stereocenters. The summed E-state index contributed by atoms with van der Waals surface area (Å²) in [5.74, 6) is 2.61. The van der Waals surface area contributed by atoms with Crippen molar-refractivity contribution in [3.8, 4) is 11.3 Å². The molecular formula is C25H23ClN8O. The predicted molar refractivity (Wildman–Crippen MR) is 133 cm³/mol. The Balaban J connectivity index is 1.21. The van der Waals surface area contributed by atoms with Crippen molar-refractivity contribution in [2.75, 3.05) is 24.5 Å². The molecule has 10 heteroatoms. The van der Waals surface area contributed by atoms with Crippen LogP contribution in [0.5, 0.6) is 0 Å². The van der Waals surface area contributed by atoms with Gasteiger partial charge >= 0.3 is 0 Å². The van der Waals surface area contributed by atoms with Gasteiger partial charge in [0.2, 0.25) is 0 Å². The van der Waals surface area contributed by atoms with Crippen LogP contribution in [0, 0.1) is 18.8 Å². The molecule has 0 radical (unpaired) electrons. The molecule has 1 saturated heterocycles. The van der Waals surface area contributed by atoms with E-state index in [1.807, 2.05) is 37.4 Å². The zero-order valence-electron chi connectivity index (χ0n) is 19.1. The average Bonchev–Trinajstić information content (AvgIpc) is 3.13. The predicted octanol–water partition coefficient (Wildman–Crippen LogP) is 3.87. The molecule has 3 unspecified atom stereocenters. The van der Waals surface area contributed by atoms with Crippen LogP contribution in [0.15, 0.2) is 47.4 Å². The molecule has 1 aromatic carbocycles. The van der Waals surface area contributed by atoms with Crippen LogP contribution in [0.1, 0.15) is 17.9 Å². The van der Waals surface area contributed by atoms with Gasteiger partial charge in [-0.15, -0.1) is 0 Å². The molecule has 7 rings (SSSR count). The van der Waals surface area contributed by atoms with E-state index in [0.29, 0.717) is 29.1 Å². The Morgan fingerprint density at radius 1 is 1.23 bits per heavy atom. The van der Waals surface area contributed by atoms with Crippen LogP contribution in [0.25, 0.3) is 33.2 Å². The first-order valence-electron chi connectivity index (χ1n) is 11.7. The number of piperidine rings is 1. The van der Waals surface area contributed by atoms with E-state index in [0.717, 1.165) is 64.3 Å². The molecule has 1 aliphatic carbocycles. The van der Waals surface area contributed by atoms with Gasteiger partial charge in [0.25, 0.3) is 0 Å². The van der Waals surface area contributed by atoms with Gasteiger partial charge in [0.15, 0.2) is 5.65 Å². The minimum absolute atomic E-state index is 0.101. The van der Waals surface area contributed by atoms with Crippen LogP contribution in [0.2, 0.25) is 5.02 Å². The van der Waals surface area contributed by atoms with Crippen molar-refractivity contribution in [3.63, 3.8) is 0 Å². The summed E-state index contributed by atoms with van der Waals surface area (Å²) in [4.78, 5) is 16.2. The van der Waals surface area contributed by atoms with Crippen LogP contribution < -0.4 is 10.6 Å². The minimum Gasteiger partial charge on any atom is -0.361 e. The van der Waals surface area contributed by atoms with Gasteiger partial charge in [-0.3, -0.25) is 10.1 Å². The van der Waals surface area contributed by atoms with Gasteiger partial charge in [0, 0.05) is 59.5 Å². The Kier molecular flexibility index (Phi) is 4.43. The fourth-order valence-electron chi connectivity index (χ4n) is 6.05. The molecule has 5 heterocycles. The van der Waals surface area contributed by atoms with E-state index in [1.54, 1.807) is 12.4 Å². The second-order valence-corrected chi connectivity index (χ2v) is 9.94. The number of benzene rings is 1. The molecule has 5 aromatic rings. The van der Waals surface area contributed by atoms with Crippen LogP contribution >= 0.6 is 11.6 Å². The Hall–Kier alpha value is -3.56. The van der Waals surface area contributed by atoms with Gasteiger partial charge < -0.3 is 15.2 Å². The first-order chi connectivity index (χ1) is 17.1. The zero-order chi connectivity index (χ0) is 23.7. The van der Waals surface area contributed by atoms with Gasteiger partial charge in [0.05, 0.1) is 11.9 Å². The Labute approximate surface area is 205 Å². The van der Waals surface area contributed by atoms with Gasteiger partial charge in [-0.05, 0) is 42.7 Å². The van der Waals surface area contributed by atoms with Crippen molar-refractivity contribution in [2.45, 2.75) is 18.8 Å². The van der Waals surface area contributed by atoms with Crippen molar-refractivity contribution in [1.29, 1.82) is 0 Å². The summed E-state index contributed by atoms with van der Waals surface area (Å²) in [5, 5.41) is 14.5. The number of hydrogen-bond acceptors (Lipinski definition) is 8. The van der Waals surface area contributed by atoms with Crippen LogP contribution in [0.4, 0.5) is 5.82 Å². The van der Waals surface area contributed by atoms with Crippen LogP contribution in [0.3, 0.4) is 0 Å². The molecule has 0 spiro atoms. The van der Waals surface area contributed by atoms with Crippen molar-refractivity contribution in [1.82, 2.24) is 30.3 Å². The highest BCUT2D eigenvalue weighted by molar-refractivity contribution is 6.36. The molecule has 2 aliphatic rings. The molecule has 0 amide bonds. The van der Waals surface area contributed by atoms with Crippen LogP contribution in [-0.4, -0.2) is 49.9 Å². The molecule has 1 aliphatic heterocycles. The van der Waals surface area contributed by atoms with Crippen molar-refractivity contribution >= 4 is 39.4 Å². The molecule has 0 bridgehead atoms. The third-order valence-electron chi connectivity index (χ3n) is 7.87. The SMILES string of the molecule is Cc1cc(C2(CN)C3CCN(c4cnc5c(-c6ccc(Cl)c7cnccc67)n[nH]c5n4)CC32)no1. The molecule has 4 aromatic heterocycles. The number of anilines is 1. The maximum atomic E-state index is 6.38. The Morgan fingerprint density at radius 3 is 2.97 bits per heavy atom. The van der Waals surface area contributed by atoms with E-state index in [-0.39, 0.29) is 5.41 Å². The second-order valence-electron chi connectivity index (χ2n) is 9.53. The van der Waals surface area contributed by atoms with Crippen molar-refractivity contribution < 1.29 is 4.52 Å². The number of aromatic amines is 1. The third-order valence-corrected chi connectivity index (χ3v) is 8.20. The van der Waals surface area contributed by atoms with E-state index >= 15 is 0 Å². The lowest BCUT2D eigenvalue weighted by molar-refractivity contribution is 0.379. The highest BCUT2D eigenvalue weighted by Crippen LogP contribution is 2.62. The van der Waals surface area contributed by atoms with E-state index in [1.165, 1.54) is 0 Å². The van der Waals surface area contributed by atoms with E-state index in [2.05, 4.69) is 25.2 Å².